The number of nitrogens with zero attached hydrogens (tertiary/aromatic N) is 2. The number of imidazole rings is 1. The monoisotopic (exact) mass is 235 g/mol. The Labute approximate surface area is 100 Å². The smallest absolute Gasteiger partial charge is 0.0946 e. The van der Waals surface area contributed by atoms with E-state index in [4.69, 9.17) is 0 Å². The van der Waals surface area contributed by atoms with Crippen LogP contribution in [0.2, 0.25) is 0 Å². The van der Waals surface area contributed by atoms with Crippen LogP contribution in [0.1, 0.15) is 15.3 Å². The molecule has 0 saturated heterocycles. The fourth-order valence-corrected chi connectivity index (χ4v) is 2.66. The summed E-state index contributed by atoms with van der Waals surface area (Å²) in [4.78, 5) is 6.83. The van der Waals surface area contributed by atoms with E-state index in [1.54, 1.807) is 0 Å². The zero-order valence-electron chi connectivity index (χ0n) is 9.73. The summed E-state index contributed by atoms with van der Waals surface area (Å²) in [7, 11) is 0. The van der Waals surface area contributed by atoms with Crippen LogP contribution < -0.4 is 5.32 Å². The number of hydrogen-bond acceptors (Lipinski definition) is 3. The molecule has 86 valence electrons. The van der Waals surface area contributed by atoms with Gasteiger partial charge in [0, 0.05) is 41.8 Å². The lowest BCUT2D eigenvalue weighted by Gasteiger charge is -2.04. The molecule has 0 aliphatic rings. The molecule has 2 aromatic heterocycles. The zero-order valence-corrected chi connectivity index (χ0v) is 10.5. The van der Waals surface area contributed by atoms with Crippen molar-refractivity contribution in [2.24, 2.45) is 0 Å². The van der Waals surface area contributed by atoms with Gasteiger partial charge in [0.2, 0.25) is 0 Å². The fourth-order valence-electron chi connectivity index (χ4n) is 1.71. The standard InChI is InChI=1S/C12H17N3S/c1-10-7-12(11(2)16-10)8-13-3-5-15-6-4-14-9-15/h4,6-7,9,13H,3,5,8H2,1-2H3. The Bertz CT molecular complexity index is 431. The number of nitrogens with one attached hydrogen (secondary N) is 1. The van der Waals surface area contributed by atoms with Gasteiger partial charge in [-0.2, -0.15) is 0 Å². The summed E-state index contributed by atoms with van der Waals surface area (Å²) in [6, 6.07) is 2.27. The lowest BCUT2D eigenvalue weighted by atomic mass is 10.2. The van der Waals surface area contributed by atoms with E-state index < -0.39 is 0 Å². The van der Waals surface area contributed by atoms with E-state index in [2.05, 4.69) is 34.8 Å². The average molecular weight is 235 g/mol. The maximum Gasteiger partial charge on any atom is 0.0946 e. The molecule has 3 nitrogen and oxygen atoms in total. The third-order valence-electron chi connectivity index (χ3n) is 2.57. The van der Waals surface area contributed by atoms with Crippen molar-refractivity contribution in [3.8, 4) is 0 Å². The molecule has 0 aromatic carbocycles. The number of aromatic nitrogens is 2. The molecule has 0 radical (unpaired) electrons. The maximum atomic E-state index is 4.01. The van der Waals surface area contributed by atoms with Gasteiger partial charge >= 0.3 is 0 Å². The minimum Gasteiger partial charge on any atom is -0.336 e. The van der Waals surface area contributed by atoms with Gasteiger partial charge < -0.3 is 9.88 Å². The van der Waals surface area contributed by atoms with Gasteiger partial charge in [0.1, 0.15) is 0 Å². The van der Waals surface area contributed by atoms with Gasteiger partial charge in [-0.15, -0.1) is 11.3 Å². The Balaban J connectivity index is 1.74. The second kappa shape index (κ2) is 5.27. The van der Waals surface area contributed by atoms with Gasteiger partial charge in [-0.3, -0.25) is 0 Å². The number of rotatable bonds is 5. The summed E-state index contributed by atoms with van der Waals surface area (Å²) >= 11 is 1.87. The van der Waals surface area contributed by atoms with Crippen LogP contribution in [0, 0.1) is 13.8 Å². The minimum absolute atomic E-state index is 0.963. The van der Waals surface area contributed by atoms with Crippen molar-refractivity contribution in [1.82, 2.24) is 14.9 Å². The van der Waals surface area contributed by atoms with Crippen molar-refractivity contribution in [3.63, 3.8) is 0 Å². The van der Waals surface area contributed by atoms with Crippen molar-refractivity contribution in [3.05, 3.63) is 40.1 Å². The zero-order chi connectivity index (χ0) is 11.4. The van der Waals surface area contributed by atoms with E-state index >= 15 is 0 Å². The van der Waals surface area contributed by atoms with Gasteiger partial charge in [0.15, 0.2) is 0 Å². The molecule has 0 amide bonds. The van der Waals surface area contributed by atoms with Crippen LogP contribution in [-0.4, -0.2) is 16.1 Å². The second-order valence-electron chi connectivity index (χ2n) is 3.92. The second-order valence-corrected chi connectivity index (χ2v) is 5.38. The van der Waals surface area contributed by atoms with Crippen LogP contribution >= 0.6 is 11.3 Å². The molecule has 0 aliphatic heterocycles. The first-order valence-corrected chi connectivity index (χ1v) is 6.30. The van der Waals surface area contributed by atoms with Crippen molar-refractivity contribution in [1.29, 1.82) is 0 Å². The van der Waals surface area contributed by atoms with Gasteiger partial charge in [-0.05, 0) is 25.5 Å². The Hall–Kier alpha value is -1.13. The van der Waals surface area contributed by atoms with E-state index in [1.165, 1.54) is 15.3 Å². The first-order valence-electron chi connectivity index (χ1n) is 5.48. The highest BCUT2D eigenvalue weighted by atomic mass is 32.1. The maximum absolute atomic E-state index is 4.01. The molecule has 0 aliphatic carbocycles. The van der Waals surface area contributed by atoms with Crippen LogP contribution in [-0.2, 0) is 13.1 Å². The first kappa shape index (κ1) is 11.4. The minimum atomic E-state index is 0.963. The van der Waals surface area contributed by atoms with Crippen molar-refractivity contribution < 1.29 is 0 Å². The highest BCUT2D eigenvalue weighted by Crippen LogP contribution is 2.19. The molecule has 0 saturated carbocycles. The Morgan fingerprint density at radius 1 is 1.44 bits per heavy atom. The Kier molecular flexibility index (Phi) is 3.74. The molecule has 0 fully saturated rings. The Morgan fingerprint density at radius 3 is 2.94 bits per heavy atom. The summed E-state index contributed by atoms with van der Waals surface area (Å²) in [5.41, 5.74) is 1.42. The van der Waals surface area contributed by atoms with Gasteiger partial charge in [-0.25, -0.2) is 4.98 Å². The SMILES string of the molecule is Cc1cc(CNCCn2ccnc2)c(C)s1. The van der Waals surface area contributed by atoms with Crippen LogP contribution in [0.5, 0.6) is 0 Å². The van der Waals surface area contributed by atoms with Gasteiger partial charge in [0.05, 0.1) is 6.33 Å². The van der Waals surface area contributed by atoms with E-state index in [0.29, 0.717) is 0 Å². The predicted molar refractivity (Wildman–Crippen MR) is 67.7 cm³/mol. The Morgan fingerprint density at radius 2 is 2.31 bits per heavy atom. The largest absolute Gasteiger partial charge is 0.336 e. The summed E-state index contributed by atoms with van der Waals surface area (Å²) in [5, 5.41) is 3.45. The van der Waals surface area contributed by atoms with Gasteiger partial charge in [0.25, 0.3) is 0 Å². The molecule has 0 atom stereocenters. The van der Waals surface area contributed by atoms with E-state index in [9.17, 15) is 0 Å². The van der Waals surface area contributed by atoms with Crippen LogP contribution in [0.3, 0.4) is 0 Å². The molecular weight excluding hydrogens is 218 g/mol. The van der Waals surface area contributed by atoms with Crippen LogP contribution in [0.4, 0.5) is 0 Å². The summed E-state index contributed by atoms with van der Waals surface area (Å²) in [5.74, 6) is 0. The van der Waals surface area contributed by atoms with Crippen LogP contribution in [0.15, 0.2) is 24.8 Å². The average Bonchev–Trinajstić information content (AvgIpc) is 2.84. The number of aryl methyl sites for hydroxylation is 2. The third kappa shape index (κ3) is 2.93. The highest BCUT2D eigenvalue weighted by Gasteiger charge is 2.01. The van der Waals surface area contributed by atoms with E-state index in [0.717, 1.165) is 19.6 Å². The molecule has 4 heteroatoms. The fraction of sp³-hybridized carbons (Fsp3) is 0.417. The predicted octanol–water partition coefficient (Wildman–Crippen LogP) is 2.35. The van der Waals surface area contributed by atoms with E-state index in [1.807, 2.05) is 30.1 Å². The van der Waals surface area contributed by atoms with Crippen molar-refractivity contribution >= 4 is 11.3 Å². The molecule has 0 spiro atoms. The van der Waals surface area contributed by atoms with Gasteiger partial charge in [-0.1, -0.05) is 0 Å². The number of thiophene rings is 1. The molecular formula is C12H17N3S. The normalized spacial score (nSPS) is 10.9. The molecule has 2 rings (SSSR count). The van der Waals surface area contributed by atoms with Crippen molar-refractivity contribution in [2.45, 2.75) is 26.9 Å². The first-order chi connectivity index (χ1) is 7.75. The summed E-state index contributed by atoms with van der Waals surface area (Å²) in [6.45, 7) is 7.26. The molecule has 2 heterocycles. The topological polar surface area (TPSA) is 29.9 Å². The number of hydrogen-bond donors (Lipinski definition) is 1. The lowest BCUT2D eigenvalue weighted by Crippen LogP contribution is -2.19. The van der Waals surface area contributed by atoms with E-state index in [-0.39, 0.29) is 0 Å². The lowest BCUT2D eigenvalue weighted by molar-refractivity contribution is 0.597. The molecule has 0 unspecified atom stereocenters. The summed E-state index contributed by atoms with van der Waals surface area (Å²) in [6.07, 6.45) is 5.65. The van der Waals surface area contributed by atoms with Crippen molar-refractivity contribution in [2.75, 3.05) is 6.54 Å². The quantitative estimate of drug-likeness (QED) is 0.806. The summed E-state index contributed by atoms with van der Waals surface area (Å²) < 4.78 is 2.08. The molecule has 1 N–H and O–H groups in total. The molecule has 0 bridgehead atoms. The molecule has 2 aromatic rings. The highest BCUT2D eigenvalue weighted by molar-refractivity contribution is 7.12. The third-order valence-corrected chi connectivity index (χ3v) is 3.57. The van der Waals surface area contributed by atoms with Crippen LogP contribution in [0.25, 0.3) is 0 Å². The molecule has 16 heavy (non-hydrogen) atoms.